The molecule has 1 heterocycles. The molecule has 6 nitrogen and oxygen atoms in total. The number of carbonyl (C=O) groups excluding carboxylic acids is 1. The molecule has 0 N–H and O–H groups in total. The average Bonchev–Trinajstić information content (AvgIpc) is 3.31. The largest absolute Gasteiger partial charge is 0.510 e. The van der Waals surface area contributed by atoms with Crippen molar-refractivity contribution in [1.29, 1.82) is 0 Å². The van der Waals surface area contributed by atoms with Crippen molar-refractivity contribution < 1.29 is 14.3 Å². The predicted molar refractivity (Wildman–Crippen MR) is 166 cm³/mol. The van der Waals surface area contributed by atoms with Gasteiger partial charge in [-0.1, -0.05) is 67.4 Å². The van der Waals surface area contributed by atoms with Gasteiger partial charge in [0.15, 0.2) is 0 Å². The van der Waals surface area contributed by atoms with Crippen LogP contribution in [0.3, 0.4) is 0 Å². The van der Waals surface area contributed by atoms with Gasteiger partial charge in [0.05, 0.1) is 25.2 Å². The molecule has 0 aromatic heterocycles. The van der Waals surface area contributed by atoms with Gasteiger partial charge in [0.25, 0.3) is 0 Å². The molecule has 1 fully saturated rings. The zero-order valence-electron chi connectivity index (χ0n) is 24.3. The van der Waals surface area contributed by atoms with Crippen LogP contribution in [0.25, 0.3) is 0 Å². The first-order valence-electron chi connectivity index (χ1n) is 14.5. The lowest BCUT2D eigenvalue weighted by Crippen LogP contribution is -2.55. The maximum Gasteiger partial charge on any atom is 0.510 e. The summed E-state index contributed by atoms with van der Waals surface area (Å²) in [5.74, 6) is 2.34. The van der Waals surface area contributed by atoms with E-state index in [-0.39, 0.29) is 6.04 Å². The zero-order chi connectivity index (χ0) is 28.5. The summed E-state index contributed by atoms with van der Waals surface area (Å²) < 4.78 is 11.1. The summed E-state index contributed by atoms with van der Waals surface area (Å²) in [6.45, 7) is 3.12. The van der Waals surface area contributed by atoms with Crippen LogP contribution in [-0.4, -0.2) is 67.6 Å². The van der Waals surface area contributed by atoms with E-state index in [2.05, 4.69) is 67.2 Å². The number of ether oxygens (including phenoxy) is 2. The minimum absolute atomic E-state index is 0.00397. The van der Waals surface area contributed by atoms with Gasteiger partial charge in [0.1, 0.15) is 0 Å². The average molecular weight is 586 g/mol. The first-order chi connectivity index (χ1) is 19.4. The third-order valence-electron chi connectivity index (χ3n) is 8.34. The first kappa shape index (κ1) is 30.7. The fourth-order valence-corrected chi connectivity index (χ4v) is 7.75. The van der Waals surface area contributed by atoms with Crippen LogP contribution in [0.15, 0.2) is 59.6 Å². The Balaban J connectivity index is 1.53. The van der Waals surface area contributed by atoms with E-state index in [4.69, 9.17) is 26.1 Å². The van der Waals surface area contributed by atoms with Crippen LogP contribution in [0.5, 0.6) is 0 Å². The number of methoxy groups -OCH3 is 1. The van der Waals surface area contributed by atoms with Gasteiger partial charge < -0.3 is 19.3 Å². The zero-order valence-corrected chi connectivity index (χ0v) is 25.9. The Bertz CT molecular complexity index is 1090. The summed E-state index contributed by atoms with van der Waals surface area (Å²) in [5, 5.41) is 0.769. The van der Waals surface area contributed by atoms with Crippen molar-refractivity contribution in [3.05, 3.63) is 70.7 Å². The molecule has 1 aliphatic heterocycles. The van der Waals surface area contributed by atoms with Crippen LogP contribution >= 0.6 is 23.4 Å². The molecule has 3 atom stereocenters. The Morgan fingerprint density at radius 3 is 2.45 bits per heavy atom. The molecule has 0 spiro atoms. The first-order valence-corrected chi connectivity index (χ1v) is 16.0. The molecular weight excluding hydrogens is 542 g/mol. The Labute approximate surface area is 249 Å². The van der Waals surface area contributed by atoms with Crippen molar-refractivity contribution in [3.8, 4) is 0 Å². The van der Waals surface area contributed by atoms with Crippen LogP contribution < -0.4 is 0 Å². The summed E-state index contributed by atoms with van der Waals surface area (Å²) in [7, 11) is 5.71. The van der Waals surface area contributed by atoms with E-state index in [1.54, 1.807) is 11.8 Å². The van der Waals surface area contributed by atoms with Crippen LogP contribution in [0.1, 0.15) is 62.6 Å². The SMILES string of the molecule is CCCCN1C=NC(CSCc2ccccc2)(OC(=O)OC)C1C1CCC(C(c2ccc(Cl)cc2)N(C)C)CC1. The van der Waals surface area contributed by atoms with E-state index in [9.17, 15) is 4.79 Å². The van der Waals surface area contributed by atoms with E-state index in [1.807, 2.05) is 24.5 Å². The molecule has 40 heavy (non-hydrogen) atoms. The van der Waals surface area contributed by atoms with Gasteiger partial charge in [-0.25, -0.2) is 9.79 Å². The van der Waals surface area contributed by atoms with Crippen molar-refractivity contribution in [3.63, 3.8) is 0 Å². The minimum Gasteiger partial charge on any atom is -0.438 e. The molecular formula is C32H44ClN3O3S. The van der Waals surface area contributed by atoms with E-state index >= 15 is 0 Å². The molecule has 3 unspecified atom stereocenters. The number of thioether (sulfide) groups is 1. The Morgan fingerprint density at radius 1 is 1.12 bits per heavy atom. The fraction of sp³-hybridized carbons (Fsp3) is 0.562. The van der Waals surface area contributed by atoms with E-state index in [0.29, 0.717) is 23.6 Å². The maximum atomic E-state index is 12.6. The number of nitrogens with zero attached hydrogens (tertiary/aromatic N) is 3. The number of hydrogen-bond donors (Lipinski definition) is 0. The Morgan fingerprint density at radius 2 is 1.82 bits per heavy atom. The highest BCUT2D eigenvalue weighted by Crippen LogP contribution is 2.46. The molecule has 0 radical (unpaired) electrons. The van der Waals surface area contributed by atoms with Crippen molar-refractivity contribution >= 4 is 35.9 Å². The number of carbonyl (C=O) groups is 1. The number of halogens is 1. The molecule has 2 aromatic rings. The minimum atomic E-state index is -0.963. The van der Waals surface area contributed by atoms with Crippen molar-refractivity contribution in [2.75, 3.05) is 33.5 Å². The third-order valence-corrected chi connectivity index (χ3v) is 9.75. The highest BCUT2D eigenvalue weighted by molar-refractivity contribution is 7.98. The molecule has 1 saturated carbocycles. The molecule has 2 aromatic carbocycles. The van der Waals surface area contributed by atoms with E-state index in [0.717, 1.165) is 55.8 Å². The quantitative estimate of drug-likeness (QED) is 0.238. The summed E-state index contributed by atoms with van der Waals surface area (Å²) in [6, 6.07) is 19.1. The van der Waals surface area contributed by atoms with E-state index in [1.165, 1.54) is 18.2 Å². The Hall–Kier alpha value is -2.22. The highest BCUT2D eigenvalue weighted by atomic mass is 35.5. The van der Waals surface area contributed by atoms with Crippen molar-refractivity contribution in [2.45, 2.75) is 69.0 Å². The molecule has 4 rings (SSSR count). The summed E-state index contributed by atoms with van der Waals surface area (Å²) >= 11 is 7.96. The number of benzene rings is 2. The monoisotopic (exact) mass is 585 g/mol. The summed E-state index contributed by atoms with van der Waals surface area (Å²) in [6.07, 6.45) is 7.80. The van der Waals surface area contributed by atoms with Gasteiger partial charge in [-0.15, -0.1) is 0 Å². The number of rotatable bonds is 12. The molecule has 1 aliphatic carbocycles. The fourth-order valence-electron chi connectivity index (χ4n) is 6.50. The normalized spacial score (nSPS) is 25.2. The van der Waals surface area contributed by atoms with Gasteiger partial charge in [0.2, 0.25) is 5.72 Å². The smallest absolute Gasteiger partial charge is 0.438 e. The molecule has 2 aliphatic rings. The summed E-state index contributed by atoms with van der Waals surface area (Å²) in [4.78, 5) is 22.2. The van der Waals surface area contributed by atoms with E-state index < -0.39 is 11.9 Å². The summed E-state index contributed by atoms with van der Waals surface area (Å²) in [5.41, 5.74) is 1.60. The van der Waals surface area contributed by atoms with Crippen LogP contribution in [-0.2, 0) is 15.2 Å². The van der Waals surface area contributed by atoms with Gasteiger partial charge in [0, 0.05) is 23.4 Å². The number of unbranched alkanes of at least 4 members (excludes halogenated alkanes) is 1. The standard InChI is InChI=1S/C32H44ClN3O3S/c1-5-6-20-36-23-34-32(39-31(37)38-4,22-40-21-24-10-8-7-9-11-24)30(36)27-14-12-25(13-15-27)29(35(2)3)26-16-18-28(33)19-17-26/h7-11,16-19,23,25,27,29-30H,5-6,12-15,20-22H2,1-4H3. The Kier molecular flexibility index (Phi) is 11.2. The van der Waals surface area contributed by atoms with Crippen molar-refractivity contribution in [1.82, 2.24) is 9.80 Å². The molecule has 0 bridgehead atoms. The second kappa shape index (κ2) is 14.6. The maximum absolute atomic E-state index is 12.6. The topological polar surface area (TPSA) is 54.4 Å². The number of aliphatic imine (C=N–C) groups is 1. The lowest BCUT2D eigenvalue weighted by atomic mass is 9.72. The second-order valence-electron chi connectivity index (χ2n) is 11.3. The molecule has 0 saturated heterocycles. The van der Waals surface area contributed by atoms with Crippen LogP contribution in [0.4, 0.5) is 4.79 Å². The van der Waals surface area contributed by atoms with Crippen molar-refractivity contribution in [2.24, 2.45) is 16.8 Å². The highest BCUT2D eigenvalue weighted by Gasteiger charge is 2.53. The number of hydrogen-bond acceptors (Lipinski definition) is 7. The predicted octanol–water partition coefficient (Wildman–Crippen LogP) is 7.67. The van der Waals surface area contributed by atoms with Crippen LogP contribution in [0, 0.1) is 11.8 Å². The molecule has 0 amide bonds. The van der Waals surface area contributed by atoms with Gasteiger partial charge in [-0.2, -0.15) is 11.8 Å². The van der Waals surface area contributed by atoms with Gasteiger partial charge in [-0.05, 0) is 81.3 Å². The third kappa shape index (κ3) is 7.54. The lowest BCUT2D eigenvalue weighted by Gasteiger charge is -2.44. The van der Waals surface area contributed by atoms with Gasteiger partial charge >= 0.3 is 6.16 Å². The molecule has 218 valence electrons. The van der Waals surface area contributed by atoms with Gasteiger partial charge in [-0.3, -0.25) is 0 Å². The van der Waals surface area contributed by atoms with Crippen LogP contribution in [0.2, 0.25) is 5.02 Å². The lowest BCUT2D eigenvalue weighted by molar-refractivity contribution is -0.0579. The molecule has 8 heteroatoms. The second-order valence-corrected chi connectivity index (χ2v) is 12.7.